The van der Waals surface area contributed by atoms with Gasteiger partial charge in [0, 0.05) is 12.7 Å². The Bertz CT molecular complexity index is 764. The van der Waals surface area contributed by atoms with Crippen LogP contribution in [0.3, 0.4) is 0 Å². The lowest BCUT2D eigenvalue weighted by Crippen LogP contribution is -2.58. The van der Waals surface area contributed by atoms with Gasteiger partial charge in [-0.05, 0) is 32.0 Å². The summed E-state index contributed by atoms with van der Waals surface area (Å²) in [6.45, 7) is 3.61. The second-order valence-corrected chi connectivity index (χ2v) is 5.67. The van der Waals surface area contributed by atoms with Crippen LogP contribution in [-0.2, 0) is 23.2 Å². The fraction of sp³-hybridized carbons (Fsp3) is 0.312. The molecule has 1 atom stereocenters. The van der Waals surface area contributed by atoms with E-state index in [4.69, 9.17) is 4.74 Å². The van der Waals surface area contributed by atoms with E-state index in [1.807, 2.05) is 20.0 Å². The molecule has 1 aromatic carbocycles. The van der Waals surface area contributed by atoms with Gasteiger partial charge >= 0.3 is 0 Å². The molecule has 0 fully saturated rings. The van der Waals surface area contributed by atoms with E-state index in [1.165, 1.54) is 6.92 Å². The van der Waals surface area contributed by atoms with Crippen molar-refractivity contribution in [2.24, 2.45) is 7.05 Å². The van der Waals surface area contributed by atoms with Crippen LogP contribution in [0.5, 0.6) is 5.75 Å². The Morgan fingerprint density at radius 3 is 2.87 bits per heavy atom. The molecule has 120 valence electrons. The van der Waals surface area contributed by atoms with Gasteiger partial charge < -0.3 is 15.4 Å². The highest BCUT2D eigenvalue weighted by atomic mass is 16.5. The first kappa shape index (κ1) is 15.1. The van der Waals surface area contributed by atoms with E-state index in [2.05, 4.69) is 15.7 Å². The minimum absolute atomic E-state index is 0.231. The molecule has 0 spiro atoms. The van der Waals surface area contributed by atoms with Crippen LogP contribution >= 0.6 is 0 Å². The molecule has 2 amide bonds. The molecule has 1 unspecified atom stereocenters. The zero-order valence-corrected chi connectivity index (χ0v) is 13.2. The van der Waals surface area contributed by atoms with Gasteiger partial charge in [-0.15, -0.1) is 0 Å². The van der Waals surface area contributed by atoms with Gasteiger partial charge in [-0.25, -0.2) is 0 Å². The molecule has 1 aliphatic heterocycles. The van der Waals surface area contributed by atoms with Gasteiger partial charge in [0.05, 0.1) is 17.9 Å². The number of anilines is 1. The summed E-state index contributed by atoms with van der Waals surface area (Å²) in [6, 6.07) is 8.88. The van der Waals surface area contributed by atoms with Crippen LogP contribution in [-0.4, -0.2) is 27.2 Å². The molecular formula is C16H18N4O3. The second kappa shape index (κ2) is 5.42. The number of hydrogen-bond acceptors (Lipinski definition) is 4. The van der Waals surface area contributed by atoms with Crippen molar-refractivity contribution in [2.45, 2.75) is 26.0 Å². The number of nitrogens with one attached hydrogen (secondary N) is 2. The normalized spacial score (nSPS) is 19.5. The van der Waals surface area contributed by atoms with E-state index in [1.54, 1.807) is 28.9 Å². The lowest BCUT2D eigenvalue weighted by molar-refractivity contribution is -0.146. The average Bonchev–Trinajstić information content (AvgIpc) is 2.84. The van der Waals surface area contributed by atoms with Crippen LogP contribution in [0.1, 0.15) is 18.3 Å². The van der Waals surface area contributed by atoms with E-state index in [-0.39, 0.29) is 6.54 Å². The van der Waals surface area contributed by atoms with Crippen molar-refractivity contribution in [1.29, 1.82) is 0 Å². The zero-order valence-electron chi connectivity index (χ0n) is 13.2. The third-order valence-electron chi connectivity index (χ3n) is 3.91. The third kappa shape index (κ3) is 2.65. The first-order valence-corrected chi connectivity index (χ1v) is 7.27. The van der Waals surface area contributed by atoms with Crippen LogP contribution in [0.15, 0.2) is 30.3 Å². The molecule has 0 aliphatic carbocycles. The van der Waals surface area contributed by atoms with Crippen molar-refractivity contribution in [1.82, 2.24) is 15.1 Å². The number of hydrogen-bond donors (Lipinski definition) is 2. The number of fused-ring (bicyclic) bond motifs is 1. The van der Waals surface area contributed by atoms with Crippen LogP contribution in [0.2, 0.25) is 0 Å². The second-order valence-electron chi connectivity index (χ2n) is 5.67. The number of nitrogens with zero attached hydrogens (tertiary/aromatic N) is 2. The summed E-state index contributed by atoms with van der Waals surface area (Å²) in [5.74, 6) is -0.530. The molecule has 23 heavy (non-hydrogen) atoms. The zero-order chi connectivity index (χ0) is 16.6. The van der Waals surface area contributed by atoms with Crippen LogP contribution in [0, 0.1) is 6.92 Å². The molecule has 7 heteroatoms. The predicted molar refractivity (Wildman–Crippen MR) is 83.9 cm³/mol. The quantitative estimate of drug-likeness (QED) is 0.832. The average molecular weight is 314 g/mol. The number of ether oxygens (including phenoxy) is 1. The van der Waals surface area contributed by atoms with E-state index >= 15 is 0 Å². The van der Waals surface area contributed by atoms with Gasteiger partial charge in [0.25, 0.3) is 17.4 Å². The maximum atomic E-state index is 12.5. The number of para-hydroxylation sites is 2. The molecule has 2 N–H and O–H groups in total. The topological polar surface area (TPSA) is 85.2 Å². The van der Waals surface area contributed by atoms with E-state index < -0.39 is 17.4 Å². The molecular weight excluding hydrogens is 296 g/mol. The van der Waals surface area contributed by atoms with Crippen LogP contribution in [0.4, 0.5) is 5.69 Å². The molecule has 3 rings (SSSR count). The smallest absolute Gasteiger partial charge is 0.278 e. The van der Waals surface area contributed by atoms with Crippen molar-refractivity contribution in [3.63, 3.8) is 0 Å². The Labute approximate surface area is 133 Å². The summed E-state index contributed by atoms with van der Waals surface area (Å²) in [4.78, 5) is 24.7. The largest absolute Gasteiger partial charge is 0.466 e. The fourth-order valence-electron chi connectivity index (χ4n) is 2.38. The lowest BCUT2D eigenvalue weighted by atomic mass is 10.0. The Kier molecular flexibility index (Phi) is 3.55. The molecule has 2 heterocycles. The van der Waals surface area contributed by atoms with Crippen molar-refractivity contribution in [3.8, 4) is 5.75 Å². The van der Waals surface area contributed by atoms with Gasteiger partial charge in [-0.1, -0.05) is 12.1 Å². The molecule has 0 radical (unpaired) electrons. The molecule has 1 aliphatic rings. The summed E-state index contributed by atoms with van der Waals surface area (Å²) in [5, 5.41) is 9.67. The standard InChI is InChI=1S/C16H18N4O3/c1-10-8-11(19-20(10)3)9-17-14(21)16(2)15(22)18-12-6-4-5-7-13(12)23-16/h4-8H,9H2,1-3H3,(H,17,21)(H,18,22). The Morgan fingerprint density at radius 1 is 1.43 bits per heavy atom. The maximum Gasteiger partial charge on any atom is 0.278 e. The highest BCUT2D eigenvalue weighted by Gasteiger charge is 2.47. The van der Waals surface area contributed by atoms with E-state index in [0.717, 1.165) is 11.4 Å². The van der Waals surface area contributed by atoms with Gasteiger partial charge in [-0.2, -0.15) is 5.10 Å². The minimum atomic E-state index is -1.61. The van der Waals surface area contributed by atoms with Gasteiger partial charge in [0.1, 0.15) is 5.75 Å². The highest BCUT2D eigenvalue weighted by molar-refractivity contribution is 6.15. The minimum Gasteiger partial charge on any atom is -0.466 e. The maximum absolute atomic E-state index is 12.5. The molecule has 2 aromatic rings. The molecule has 0 saturated heterocycles. The van der Waals surface area contributed by atoms with Gasteiger partial charge in [-0.3, -0.25) is 14.3 Å². The third-order valence-corrected chi connectivity index (χ3v) is 3.91. The number of amides is 2. The van der Waals surface area contributed by atoms with E-state index in [0.29, 0.717) is 11.4 Å². The number of rotatable bonds is 3. The van der Waals surface area contributed by atoms with E-state index in [9.17, 15) is 9.59 Å². The Morgan fingerprint density at radius 2 is 2.17 bits per heavy atom. The number of aryl methyl sites for hydroxylation is 2. The van der Waals surface area contributed by atoms with Crippen molar-refractivity contribution in [2.75, 3.05) is 5.32 Å². The van der Waals surface area contributed by atoms with Crippen molar-refractivity contribution >= 4 is 17.5 Å². The SMILES string of the molecule is Cc1cc(CNC(=O)C2(C)Oc3ccccc3NC2=O)nn1C. The number of aromatic nitrogens is 2. The molecule has 7 nitrogen and oxygen atoms in total. The van der Waals surface area contributed by atoms with Crippen LogP contribution < -0.4 is 15.4 Å². The first-order valence-electron chi connectivity index (χ1n) is 7.27. The summed E-state index contributed by atoms with van der Waals surface area (Å²) < 4.78 is 7.39. The van der Waals surface area contributed by atoms with Crippen molar-refractivity contribution in [3.05, 3.63) is 41.7 Å². The summed E-state index contributed by atoms with van der Waals surface area (Å²) in [6.07, 6.45) is 0. The highest BCUT2D eigenvalue weighted by Crippen LogP contribution is 2.33. The Hall–Kier alpha value is -2.83. The van der Waals surface area contributed by atoms with Crippen molar-refractivity contribution < 1.29 is 14.3 Å². The summed E-state index contributed by atoms with van der Waals surface area (Å²) in [7, 11) is 1.83. The monoisotopic (exact) mass is 314 g/mol. The molecule has 0 saturated carbocycles. The molecule has 1 aromatic heterocycles. The lowest BCUT2D eigenvalue weighted by Gasteiger charge is -2.33. The molecule has 0 bridgehead atoms. The first-order chi connectivity index (χ1) is 10.9. The van der Waals surface area contributed by atoms with Gasteiger partial charge in [0.15, 0.2) is 0 Å². The number of benzene rings is 1. The van der Waals surface area contributed by atoms with Gasteiger partial charge in [0.2, 0.25) is 0 Å². The number of carbonyl (C=O) groups excluding carboxylic acids is 2. The Balaban J connectivity index is 1.74. The number of carbonyl (C=O) groups is 2. The van der Waals surface area contributed by atoms with Crippen LogP contribution in [0.25, 0.3) is 0 Å². The summed E-state index contributed by atoms with van der Waals surface area (Å²) >= 11 is 0. The summed E-state index contributed by atoms with van der Waals surface area (Å²) in [5.41, 5.74) is 0.654. The fourth-order valence-corrected chi connectivity index (χ4v) is 2.38. The predicted octanol–water partition coefficient (Wildman–Crippen LogP) is 1.13.